The Bertz CT molecular complexity index is 656. The van der Waals surface area contributed by atoms with Crippen molar-refractivity contribution < 1.29 is 17.9 Å². The molecule has 0 aliphatic carbocycles. The fraction of sp³-hybridized carbons (Fsp3) is 0.143. The Balaban J connectivity index is 2.44. The molecule has 0 radical (unpaired) electrons. The van der Waals surface area contributed by atoms with Crippen LogP contribution >= 0.6 is 47.8 Å². The molecule has 2 rings (SSSR count). The van der Waals surface area contributed by atoms with E-state index in [-0.39, 0.29) is 5.75 Å². The van der Waals surface area contributed by atoms with Gasteiger partial charge in [0.2, 0.25) is 0 Å². The Morgan fingerprint density at radius 3 is 2.19 bits per heavy atom. The highest BCUT2D eigenvalue weighted by molar-refractivity contribution is 9.11. The predicted molar refractivity (Wildman–Crippen MR) is 86.0 cm³/mol. The topological polar surface area (TPSA) is 9.23 Å². The molecule has 21 heavy (non-hydrogen) atoms. The van der Waals surface area contributed by atoms with Gasteiger partial charge in [0.05, 0.1) is 10.0 Å². The van der Waals surface area contributed by atoms with Crippen LogP contribution in [0.5, 0.6) is 11.5 Å². The average molecular weight is 489 g/mol. The Labute approximate surface area is 144 Å². The second-order valence-electron chi connectivity index (χ2n) is 4.14. The minimum atomic E-state index is -4.48. The zero-order valence-corrected chi connectivity index (χ0v) is 15.1. The van der Waals surface area contributed by atoms with E-state index in [0.717, 1.165) is 10.5 Å². The van der Waals surface area contributed by atoms with Crippen LogP contribution in [0.4, 0.5) is 13.2 Å². The van der Waals surface area contributed by atoms with Gasteiger partial charge in [0, 0.05) is 9.80 Å². The molecule has 2 aromatic carbocycles. The molecule has 0 amide bonds. The summed E-state index contributed by atoms with van der Waals surface area (Å²) >= 11 is 9.69. The number of hydrogen-bond acceptors (Lipinski definition) is 1. The summed E-state index contributed by atoms with van der Waals surface area (Å²) in [6.07, 6.45) is -4.48. The molecule has 0 fully saturated rings. The van der Waals surface area contributed by atoms with Crippen molar-refractivity contribution in [3.05, 3.63) is 56.5 Å². The second-order valence-corrected chi connectivity index (χ2v) is 6.47. The Morgan fingerprint density at radius 2 is 1.62 bits per heavy atom. The van der Waals surface area contributed by atoms with Crippen LogP contribution in [-0.2, 0) is 11.5 Å². The molecule has 0 saturated heterocycles. The maximum Gasteiger partial charge on any atom is 0.419 e. The number of alkyl halides is 4. The molecule has 0 aliphatic rings. The maximum atomic E-state index is 13.1. The number of hydrogen-bond donors (Lipinski definition) is 0. The molecule has 0 aliphatic heterocycles. The molecule has 1 nitrogen and oxygen atoms in total. The summed E-state index contributed by atoms with van der Waals surface area (Å²) in [7, 11) is 0. The van der Waals surface area contributed by atoms with Gasteiger partial charge in [-0.15, -0.1) is 0 Å². The van der Waals surface area contributed by atoms with Gasteiger partial charge >= 0.3 is 6.18 Å². The highest BCUT2D eigenvalue weighted by Crippen LogP contribution is 2.40. The molecular weight excluding hydrogens is 481 g/mol. The van der Waals surface area contributed by atoms with E-state index in [2.05, 4.69) is 47.8 Å². The van der Waals surface area contributed by atoms with E-state index in [1.807, 2.05) is 0 Å². The lowest BCUT2D eigenvalue weighted by molar-refractivity contribution is -0.138. The first-order valence-corrected chi connectivity index (χ1v) is 8.41. The van der Waals surface area contributed by atoms with Crippen LogP contribution in [0.1, 0.15) is 11.1 Å². The average Bonchev–Trinajstić information content (AvgIpc) is 2.41. The number of halogens is 6. The minimum Gasteiger partial charge on any atom is -0.456 e. The fourth-order valence-electron chi connectivity index (χ4n) is 1.65. The van der Waals surface area contributed by atoms with Crippen LogP contribution in [0.2, 0.25) is 0 Å². The zero-order chi connectivity index (χ0) is 15.6. The molecule has 0 spiro atoms. The minimum absolute atomic E-state index is 0.227. The third-order valence-electron chi connectivity index (χ3n) is 2.62. The first kappa shape index (κ1) is 16.8. The first-order valence-electron chi connectivity index (χ1n) is 5.70. The van der Waals surface area contributed by atoms with Crippen LogP contribution in [0, 0.1) is 0 Å². The van der Waals surface area contributed by atoms with Crippen molar-refractivity contribution >= 4 is 47.8 Å². The number of rotatable bonds is 3. The van der Waals surface area contributed by atoms with Gasteiger partial charge in [-0.05, 0) is 51.8 Å². The molecule has 7 heteroatoms. The van der Waals surface area contributed by atoms with Crippen molar-refractivity contribution in [3.8, 4) is 11.5 Å². The monoisotopic (exact) mass is 486 g/mol. The molecular formula is C14H8Br3F3O. The van der Waals surface area contributed by atoms with Crippen molar-refractivity contribution in [2.24, 2.45) is 0 Å². The van der Waals surface area contributed by atoms with Crippen LogP contribution in [0.25, 0.3) is 0 Å². The van der Waals surface area contributed by atoms with Gasteiger partial charge < -0.3 is 4.74 Å². The normalized spacial score (nSPS) is 11.5. The second kappa shape index (κ2) is 6.71. The van der Waals surface area contributed by atoms with E-state index in [9.17, 15) is 13.2 Å². The van der Waals surface area contributed by atoms with E-state index in [1.54, 1.807) is 24.3 Å². The van der Waals surface area contributed by atoms with Crippen LogP contribution in [0.15, 0.2) is 45.3 Å². The van der Waals surface area contributed by atoms with E-state index in [0.29, 0.717) is 21.1 Å². The maximum absolute atomic E-state index is 13.1. The molecule has 112 valence electrons. The highest BCUT2D eigenvalue weighted by Gasteiger charge is 2.35. The molecule has 2 aromatic rings. The van der Waals surface area contributed by atoms with Crippen LogP contribution < -0.4 is 4.74 Å². The zero-order valence-electron chi connectivity index (χ0n) is 10.3. The van der Waals surface area contributed by atoms with E-state index in [4.69, 9.17) is 4.74 Å². The van der Waals surface area contributed by atoms with Crippen molar-refractivity contribution in [3.63, 3.8) is 0 Å². The summed E-state index contributed by atoms with van der Waals surface area (Å²) in [4.78, 5) is 0. The van der Waals surface area contributed by atoms with Crippen molar-refractivity contribution in [2.45, 2.75) is 11.5 Å². The Hall–Kier alpha value is -0.530. The van der Waals surface area contributed by atoms with Crippen molar-refractivity contribution in [1.29, 1.82) is 0 Å². The lowest BCUT2D eigenvalue weighted by atomic mass is 10.1. The molecule has 0 unspecified atom stereocenters. The summed E-state index contributed by atoms with van der Waals surface area (Å²) in [5, 5.41) is 0.346. The largest absolute Gasteiger partial charge is 0.456 e. The van der Waals surface area contributed by atoms with Crippen molar-refractivity contribution in [1.82, 2.24) is 0 Å². The van der Waals surface area contributed by atoms with E-state index < -0.39 is 11.7 Å². The summed E-state index contributed by atoms with van der Waals surface area (Å²) in [5.74, 6) is 0.0884. The van der Waals surface area contributed by atoms with E-state index in [1.165, 1.54) is 6.07 Å². The Morgan fingerprint density at radius 1 is 0.952 bits per heavy atom. The van der Waals surface area contributed by atoms with Gasteiger partial charge in [0.1, 0.15) is 11.5 Å². The number of ether oxygens (including phenoxy) is 1. The summed E-state index contributed by atoms with van der Waals surface area (Å²) in [5.41, 5.74) is -0.265. The lowest BCUT2D eigenvalue weighted by Crippen LogP contribution is -2.08. The van der Waals surface area contributed by atoms with Gasteiger partial charge in [0.15, 0.2) is 0 Å². The summed E-state index contributed by atoms with van der Waals surface area (Å²) in [6.45, 7) is 0. The van der Waals surface area contributed by atoms with Gasteiger partial charge in [-0.1, -0.05) is 37.9 Å². The quantitative estimate of drug-likeness (QED) is 0.426. The summed E-state index contributed by atoms with van der Waals surface area (Å²) < 4.78 is 46.1. The summed E-state index contributed by atoms with van der Waals surface area (Å²) in [6, 6.07) is 8.99. The molecule has 0 N–H and O–H groups in total. The van der Waals surface area contributed by atoms with Gasteiger partial charge in [0.25, 0.3) is 0 Å². The molecule has 0 saturated carbocycles. The van der Waals surface area contributed by atoms with Gasteiger partial charge in [-0.3, -0.25) is 0 Å². The lowest BCUT2D eigenvalue weighted by Gasteiger charge is -2.15. The predicted octanol–water partition coefficient (Wildman–Crippen LogP) is 6.92. The standard InChI is InChI=1S/C14H8Br3F3O/c15-7-8-1-3-12(10(5-8)14(18,19)20)21-13-4-2-9(16)6-11(13)17/h1-6H,7H2. The molecule has 0 heterocycles. The van der Waals surface area contributed by atoms with E-state index >= 15 is 0 Å². The molecule has 0 bridgehead atoms. The first-order chi connectivity index (χ1) is 9.81. The highest BCUT2D eigenvalue weighted by atomic mass is 79.9. The van der Waals surface area contributed by atoms with Crippen LogP contribution in [0.3, 0.4) is 0 Å². The van der Waals surface area contributed by atoms with Crippen molar-refractivity contribution in [2.75, 3.05) is 0 Å². The van der Waals surface area contributed by atoms with Gasteiger partial charge in [-0.2, -0.15) is 13.2 Å². The van der Waals surface area contributed by atoms with Crippen LogP contribution in [-0.4, -0.2) is 0 Å². The third-order valence-corrected chi connectivity index (χ3v) is 4.38. The Kier molecular flexibility index (Phi) is 5.38. The number of benzene rings is 2. The molecule has 0 atom stereocenters. The SMILES string of the molecule is FC(F)(F)c1cc(CBr)ccc1Oc1ccc(Br)cc1Br. The smallest absolute Gasteiger partial charge is 0.419 e. The van der Waals surface area contributed by atoms with Gasteiger partial charge in [-0.25, -0.2) is 0 Å². The molecule has 0 aromatic heterocycles. The third kappa shape index (κ3) is 4.23. The fourth-order valence-corrected chi connectivity index (χ4v) is 3.12.